The number of rotatable bonds is 3. The molecule has 1 heterocycles. The summed E-state index contributed by atoms with van der Waals surface area (Å²) in [5.74, 6) is 0. The number of nitrogens with one attached hydrogen (secondary N) is 1. The van der Waals surface area contributed by atoms with Crippen molar-refractivity contribution in [2.24, 2.45) is 0 Å². The molecule has 1 aromatic carbocycles. The van der Waals surface area contributed by atoms with Gasteiger partial charge in [-0.2, -0.15) is 0 Å². The van der Waals surface area contributed by atoms with Gasteiger partial charge in [0.25, 0.3) is 0 Å². The minimum Gasteiger partial charge on any atom is -0.309 e. The van der Waals surface area contributed by atoms with Crippen molar-refractivity contribution in [2.45, 2.75) is 64.6 Å². The van der Waals surface area contributed by atoms with Crippen LogP contribution < -0.4 is 5.32 Å². The molecule has 1 aliphatic carbocycles. The highest BCUT2D eigenvalue weighted by molar-refractivity contribution is 5.35. The minimum absolute atomic E-state index is 0.281. The molecule has 2 nitrogen and oxygen atoms in total. The van der Waals surface area contributed by atoms with Crippen LogP contribution >= 0.6 is 0 Å². The highest BCUT2D eigenvalue weighted by Gasteiger charge is 2.32. The van der Waals surface area contributed by atoms with Gasteiger partial charge in [0.05, 0.1) is 0 Å². The minimum atomic E-state index is 0.281. The lowest BCUT2D eigenvalue weighted by atomic mass is 9.93. The van der Waals surface area contributed by atoms with Gasteiger partial charge in [-0.1, -0.05) is 25.1 Å². The molecule has 0 aromatic heterocycles. The summed E-state index contributed by atoms with van der Waals surface area (Å²) in [5, 5.41) is 3.71. The Labute approximate surface area is 123 Å². The molecule has 0 saturated carbocycles. The molecule has 1 N–H and O–H groups in total. The molecule has 1 aliphatic heterocycles. The zero-order valence-electron chi connectivity index (χ0n) is 13.2. The van der Waals surface area contributed by atoms with Crippen LogP contribution in [0.5, 0.6) is 0 Å². The SMILES string of the molecule is CCC1(C)CN(Cc2ccc3c(c2)CCC3)C(C)CN1. The maximum absolute atomic E-state index is 3.71. The monoisotopic (exact) mass is 272 g/mol. The van der Waals surface area contributed by atoms with Gasteiger partial charge in [0, 0.05) is 31.2 Å². The van der Waals surface area contributed by atoms with Gasteiger partial charge >= 0.3 is 0 Å². The Morgan fingerprint density at radius 2 is 2.10 bits per heavy atom. The second-order valence-corrected chi connectivity index (χ2v) is 7.01. The van der Waals surface area contributed by atoms with Crippen LogP contribution in [0.3, 0.4) is 0 Å². The molecule has 1 aromatic rings. The van der Waals surface area contributed by atoms with Crippen LogP contribution in [0.1, 0.15) is 50.3 Å². The largest absolute Gasteiger partial charge is 0.309 e. The van der Waals surface area contributed by atoms with Gasteiger partial charge < -0.3 is 5.32 Å². The predicted octanol–water partition coefficient (Wildman–Crippen LogP) is 3.14. The Balaban J connectivity index is 1.72. The van der Waals surface area contributed by atoms with Crippen LogP contribution in [0.25, 0.3) is 0 Å². The van der Waals surface area contributed by atoms with E-state index in [1.807, 2.05) is 0 Å². The molecule has 110 valence electrons. The molecule has 1 saturated heterocycles. The number of piperazine rings is 1. The van der Waals surface area contributed by atoms with E-state index in [9.17, 15) is 0 Å². The summed E-state index contributed by atoms with van der Waals surface area (Å²) in [7, 11) is 0. The molecule has 0 amide bonds. The summed E-state index contributed by atoms with van der Waals surface area (Å²) in [6.07, 6.45) is 5.11. The number of fused-ring (bicyclic) bond motifs is 1. The molecular formula is C18H28N2. The van der Waals surface area contributed by atoms with E-state index in [1.165, 1.54) is 31.2 Å². The lowest BCUT2D eigenvalue weighted by Crippen LogP contribution is -2.61. The van der Waals surface area contributed by atoms with Crippen LogP contribution in [0.2, 0.25) is 0 Å². The molecule has 20 heavy (non-hydrogen) atoms. The molecular weight excluding hydrogens is 244 g/mol. The smallest absolute Gasteiger partial charge is 0.0278 e. The quantitative estimate of drug-likeness (QED) is 0.909. The van der Waals surface area contributed by atoms with Crippen molar-refractivity contribution >= 4 is 0 Å². The van der Waals surface area contributed by atoms with Crippen molar-refractivity contribution < 1.29 is 0 Å². The maximum atomic E-state index is 3.71. The van der Waals surface area contributed by atoms with Gasteiger partial charge in [-0.3, -0.25) is 4.90 Å². The summed E-state index contributed by atoms with van der Waals surface area (Å²) >= 11 is 0. The molecule has 0 spiro atoms. The fourth-order valence-electron chi connectivity index (χ4n) is 3.59. The number of nitrogens with zero attached hydrogens (tertiary/aromatic N) is 1. The second kappa shape index (κ2) is 5.50. The average Bonchev–Trinajstić information content (AvgIpc) is 2.91. The van der Waals surface area contributed by atoms with E-state index in [-0.39, 0.29) is 5.54 Å². The second-order valence-electron chi connectivity index (χ2n) is 7.01. The van der Waals surface area contributed by atoms with Crippen molar-refractivity contribution in [3.63, 3.8) is 0 Å². The number of hydrogen-bond acceptors (Lipinski definition) is 2. The summed E-state index contributed by atoms with van der Waals surface area (Å²) in [5.41, 5.74) is 4.96. The van der Waals surface area contributed by atoms with Crippen molar-refractivity contribution in [1.29, 1.82) is 0 Å². The summed E-state index contributed by atoms with van der Waals surface area (Å²) in [4.78, 5) is 2.65. The lowest BCUT2D eigenvalue weighted by molar-refractivity contribution is 0.0866. The predicted molar refractivity (Wildman–Crippen MR) is 85.0 cm³/mol. The lowest BCUT2D eigenvalue weighted by Gasteiger charge is -2.45. The third kappa shape index (κ3) is 2.77. The maximum Gasteiger partial charge on any atom is 0.0278 e. The molecule has 2 atom stereocenters. The topological polar surface area (TPSA) is 15.3 Å². The standard InChI is InChI=1S/C18H28N2/c1-4-18(3)13-20(14(2)11-19-18)12-15-8-9-16-6-5-7-17(16)10-15/h8-10,14,19H,4-7,11-13H2,1-3H3. The molecule has 2 unspecified atom stereocenters. The van der Waals surface area contributed by atoms with Gasteiger partial charge in [0.1, 0.15) is 0 Å². The van der Waals surface area contributed by atoms with Gasteiger partial charge in [0.2, 0.25) is 0 Å². The van der Waals surface area contributed by atoms with Crippen LogP contribution in [0.15, 0.2) is 18.2 Å². The van der Waals surface area contributed by atoms with Crippen molar-refractivity contribution in [3.8, 4) is 0 Å². The molecule has 2 heteroatoms. The fourth-order valence-corrected chi connectivity index (χ4v) is 3.59. The van der Waals surface area contributed by atoms with Crippen molar-refractivity contribution in [3.05, 3.63) is 34.9 Å². The summed E-state index contributed by atoms with van der Waals surface area (Å²) in [6, 6.07) is 7.80. The first-order chi connectivity index (χ1) is 9.59. The Morgan fingerprint density at radius 1 is 1.30 bits per heavy atom. The zero-order chi connectivity index (χ0) is 14.2. The third-order valence-electron chi connectivity index (χ3n) is 5.33. The third-order valence-corrected chi connectivity index (χ3v) is 5.33. The Kier molecular flexibility index (Phi) is 3.87. The van der Waals surface area contributed by atoms with Crippen molar-refractivity contribution in [1.82, 2.24) is 10.2 Å². The molecule has 0 bridgehead atoms. The van der Waals surface area contributed by atoms with Crippen LogP contribution in [-0.4, -0.2) is 29.6 Å². The molecule has 1 fully saturated rings. The van der Waals surface area contributed by atoms with E-state index in [1.54, 1.807) is 11.1 Å². The van der Waals surface area contributed by atoms with Gasteiger partial charge in [-0.15, -0.1) is 0 Å². The van der Waals surface area contributed by atoms with E-state index >= 15 is 0 Å². The molecule has 0 radical (unpaired) electrons. The number of benzene rings is 1. The first-order valence-electron chi connectivity index (χ1n) is 8.19. The zero-order valence-corrected chi connectivity index (χ0v) is 13.2. The van der Waals surface area contributed by atoms with Gasteiger partial charge in [0.15, 0.2) is 0 Å². The molecule has 2 aliphatic rings. The normalized spacial score (nSPS) is 30.4. The van der Waals surface area contributed by atoms with E-state index in [0.717, 1.165) is 19.6 Å². The first-order valence-corrected chi connectivity index (χ1v) is 8.19. The van der Waals surface area contributed by atoms with Crippen LogP contribution in [0.4, 0.5) is 0 Å². The van der Waals surface area contributed by atoms with Gasteiger partial charge in [-0.05, 0) is 56.2 Å². The van der Waals surface area contributed by atoms with E-state index in [0.29, 0.717) is 6.04 Å². The first kappa shape index (κ1) is 14.1. The van der Waals surface area contributed by atoms with Crippen molar-refractivity contribution in [2.75, 3.05) is 13.1 Å². The fraction of sp³-hybridized carbons (Fsp3) is 0.667. The highest BCUT2D eigenvalue weighted by atomic mass is 15.2. The summed E-state index contributed by atoms with van der Waals surface area (Å²) in [6.45, 7) is 10.4. The Morgan fingerprint density at radius 3 is 2.90 bits per heavy atom. The Hall–Kier alpha value is -0.860. The van der Waals surface area contributed by atoms with Gasteiger partial charge in [-0.25, -0.2) is 0 Å². The van der Waals surface area contributed by atoms with E-state index in [4.69, 9.17) is 0 Å². The van der Waals surface area contributed by atoms with E-state index < -0.39 is 0 Å². The van der Waals surface area contributed by atoms with Crippen LogP contribution in [0, 0.1) is 0 Å². The highest BCUT2D eigenvalue weighted by Crippen LogP contribution is 2.25. The van der Waals surface area contributed by atoms with E-state index in [2.05, 4.69) is 49.2 Å². The molecule has 3 rings (SSSR count). The number of aryl methyl sites for hydroxylation is 2. The Bertz CT molecular complexity index is 482. The average molecular weight is 272 g/mol. The summed E-state index contributed by atoms with van der Waals surface area (Å²) < 4.78 is 0. The number of hydrogen-bond donors (Lipinski definition) is 1. The van der Waals surface area contributed by atoms with Crippen LogP contribution in [-0.2, 0) is 19.4 Å².